The number of para-hydroxylation sites is 1. The Labute approximate surface area is 150 Å². The van der Waals surface area contributed by atoms with Crippen molar-refractivity contribution in [1.82, 2.24) is 9.78 Å². The number of methoxy groups -OCH3 is 2. The third-order valence-corrected chi connectivity index (χ3v) is 4.42. The van der Waals surface area contributed by atoms with E-state index in [1.54, 1.807) is 25.0 Å². The van der Waals surface area contributed by atoms with Gasteiger partial charge in [-0.2, -0.15) is 0 Å². The van der Waals surface area contributed by atoms with Crippen molar-refractivity contribution >= 4 is 23.0 Å². The molecule has 0 saturated heterocycles. The Balaban J connectivity index is 1.80. The van der Waals surface area contributed by atoms with Crippen molar-refractivity contribution in [3.8, 4) is 17.2 Å². The predicted molar refractivity (Wildman–Crippen MR) is 102 cm³/mol. The summed E-state index contributed by atoms with van der Waals surface area (Å²) >= 11 is 0. The molecule has 7 nitrogen and oxygen atoms in total. The van der Waals surface area contributed by atoms with Gasteiger partial charge in [-0.1, -0.05) is 18.2 Å². The average molecular weight is 349 g/mol. The number of rotatable bonds is 4. The van der Waals surface area contributed by atoms with Crippen LogP contribution < -0.4 is 20.9 Å². The highest BCUT2D eigenvalue weighted by Gasteiger charge is 2.24. The van der Waals surface area contributed by atoms with E-state index in [0.29, 0.717) is 40.8 Å². The molecule has 0 atom stereocenters. The topological polar surface area (TPSA) is 101 Å². The number of hydrogen-bond donors (Lipinski definition) is 2. The van der Waals surface area contributed by atoms with Crippen LogP contribution in [0.4, 0.5) is 17.3 Å². The lowest BCUT2D eigenvalue weighted by Crippen LogP contribution is -2.08. The number of nitrogens with zero attached hydrogens (tertiary/aromatic N) is 3. The van der Waals surface area contributed by atoms with E-state index in [2.05, 4.69) is 16.2 Å². The number of hydrogen-bond acceptors (Lipinski definition) is 6. The van der Waals surface area contributed by atoms with Gasteiger partial charge in [0.1, 0.15) is 17.3 Å². The van der Waals surface area contributed by atoms with E-state index in [0.717, 1.165) is 17.0 Å². The Hall–Kier alpha value is -3.48. The van der Waals surface area contributed by atoms with Crippen molar-refractivity contribution in [2.24, 2.45) is 4.99 Å². The summed E-state index contributed by atoms with van der Waals surface area (Å²) in [7, 11) is 3.19. The van der Waals surface area contributed by atoms with Gasteiger partial charge in [0.05, 0.1) is 36.9 Å². The summed E-state index contributed by atoms with van der Waals surface area (Å²) in [6.45, 7) is 0. The Kier molecular flexibility index (Phi) is 3.76. The van der Waals surface area contributed by atoms with Crippen LogP contribution in [0.3, 0.4) is 0 Å². The van der Waals surface area contributed by atoms with Crippen LogP contribution in [0.5, 0.6) is 11.5 Å². The van der Waals surface area contributed by atoms with Gasteiger partial charge in [-0.3, -0.25) is 4.99 Å². The van der Waals surface area contributed by atoms with Crippen LogP contribution in [0.1, 0.15) is 11.1 Å². The van der Waals surface area contributed by atoms with Crippen LogP contribution in [0.15, 0.2) is 47.5 Å². The third-order valence-electron chi connectivity index (χ3n) is 4.42. The molecule has 0 bridgehead atoms. The molecule has 7 heteroatoms. The molecule has 0 spiro atoms. The number of anilines is 2. The molecule has 2 heterocycles. The van der Waals surface area contributed by atoms with E-state index in [4.69, 9.17) is 20.9 Å². The highest BCUT2D eigenvalue weighted by Crippen LogP contribution is 2.34. The summed E-state index contributed by atoms with van der Waals surface area (Å²) in [5.41, 5.74) is 16.9. The first-order chi connectivity index (χ1) is 12.6. The van der Waals surface area contributed by atoms with Crippen molar-refractivity contribution in [2.45, 2.75) is 6.42 Å². The van der Waals surface area contributed by atoms with Gasteiger partial charge in [-0.25, -0.2) is 4.68 Å². The normalized spacial score (nSPS) is 12.6. The molecule has 0 amide bonds. The first kappa shape index (κ1) is 16.0. The van der Waals surface area contributed by atoms with Crippen molar-refractivity contribution in [2.75, 3.05) is 25.7 Å². The predicted octanol–water partition coefficient (Wildman–Crippen LogP) is 2.73. The lowest BCUT2D eigenvalue weighted by atomic mass is 10.1. The van der Waals surface area contributed by atoms with Crippen LogP contribution in [-0.4, -0.2) is 29.7 Å². The Morgan fingerprint density at radius 2 is 1.69 bits per heavy atom. The molecule has 1 aliphatic rings. The van der Waals surface area contributed by atoms with Crippen molar-refractivity contribution in [3.05, 3.63) is 53.6 Å². The van der Waals surface area contributed by atoms with Gasteiger partial charge in [0, 0.05) is 24.6 Å². The van der Waals surface area contributed by atoms with E-state index >= 15 is 0 Å². The molecule has 0 saturated carbocycles. The summed E-state index contributed by atoms with van der Waals surface area (Å²) in [5.74, 6) is 2.06. The lowest BCUT2D eigenvalue weighted by Gasteiger charge is -2.10. The zero-order valence-electron chi connectivity index (χ0n) is 14.6. The molecule has 0 unspecified atom stereocenters. The number of fused-ring (bicyclic) bond motifs is 1. The second-order valence-electron chi connectivity index (χ2n) is 5.99. The van der Waals surface area contributed by atoms with Crippen molar-refractivity contribution in [3.63, 3.8) is 0 Å². The summed E-state index contributed by atoms with van der Waals surface area (Å²) in [5, 5.41) is 4.42. The maximum atomic E-state index is 6.39. The van der Waals surface area contributed by atoms with Gasteiger partial charge in [-0.05, 0) is 11.6 Å². The van der Waals surface area contributed by atoms with Gasteiger partial charge in [-0.15, -0.1) is 5.10 Å². The zero-order valence-corrected chi connectivity index (χ0v) is 14.6. The maximum Gasteiger partial charge on any atom is 0.157 e. The quantitative estimate of drug-likeness (QED) is 0.754. The average Bonchev–Trinajstić information content (AvgIpc) is 3.21. The second kappa shape index (κ2) is 6.11. The van der Waals surface area contributed by atoms with Crippen molar-refractivity contribution < 1.29 is 9.47 Å². The fourth-order valence-electron chi connectivity index (χ4n) is 3.13. The van der Waals surface area contributed by atoms with E-state index in [1.165, 1.54) is 0 Å². The van der Waals surface area contributed by atoms with Crippen LogP contribution in [0.25, 0.3) is 5.69 Å². The highest BCUT2D eigenvalue weighted by atomic mass is 16.5. The van der Waals surface area contributed by atoms with Gasteiger partial charge in [0.15, 0.2) is 5.82 Å². The minimum atomic E-state index is 0.343. The summed E-state index contributed by atoms with van der Waals surface area (Å²) in [6, 6.07) is 13.4. The highest BCUT2D eigenvalue weighted by molar-refractivity contribution is 6.12. The van der Waals surface area contributed by atoms with Crippen LogP contribution >= 0.6 is 0 Å². The molecule has 0 radical (unpaired) electrons. The monoisotopic (exact) mass is 349 g/mol. The van der Waals surface area contributed by atoms with Crippen molar-refractivity contribution in [1.29, 1.82) is 0 Å². The number of benzene rings is 2. The lowest BCUT2D eigenvalue weighted by molar-refractivity contribution is 0.394. The Bertz CT molecular complexity index is 1000. The van der Waals surface area contributed by atoms with Gasteiger partial charge < -0.3 is 20.9 Å². The molecule has 1 aliphatic heterocycles. The minimum absolute atomic E-state index is 0.343. The Morgan fingerprint density at radius 3 is 2.35 bits per heavy atom. The molecule has 0 aliphatic carbocycles. The number of aliphatic imine (C=N–C) groups is 1. The first-order valence-corrected chi connectivity index (χ1v) is 8.14. The van der Waals surface area contributed by atoms with Gasteiger partial charge >= 0.3 is 0 Å². The van der Waals surface area contributed by atoms with E-state index in [1.807, 2.05) is 30.3 Å². The summed E-state index contributed by atoms with van der Waals surface area (Å²) in [6.07, 6.45) is 0.678. The van der Waals surface area contributed by atoms with E-state index in [-0.39, 0.29) is 0 Å². The zero-order chi connectivity index (χ0) is 18.3. The maximum absolute atomic E-state index is 6.39. The van der Waals surface area contributed by atoms with E-state index in [9.17, 15) is 0 Å². The van der Waals surface area contributed by atoms with Crippen LogP contribution in [0, 0.1) is 0 Å². The molecular weight excluding hydrogens is 330 g/mol. The molecule has 2 aromatic carbocycles. The first-order valence-electron chi connectivity index (χ1n) is 8.14. The van der Waals surface area contributed by atoms with Gasteiger partial charge in [0.2, 0.25) is 0 Å². The summed E-state index contributed by atoms with van der Waals surface area (Å²) in [4.78, 5) is 4.67. The number of nitrogens with two attached hydrogens (primary N) is 2. The smallest absolute Gasteiger partial charge is 0.157 e. The molecule has 3 aromatic rings. The van der Waals surface area contributed by atoms with Crippen LogP contribution in [-0.2, 0) is 6.42 Å². The molecule has 132 valence electrons. The number of ether oxygens (including phenoxy) is 2. The van der Waals surface area contributed by atoms with Gasteiger partial charge in [0.25, 0.3) is 0 Å². The fraction of sp³-hybridized carbons (Fsp3) is 0.158. The molecule has 1 aromatic heterocycles. The molecular formula is C19H19N5O2. The molecule has 0 fully saturated rings. The molecule has 4 N–H and O–H groups in total. The van der Waals surface area contributed by atoms with E-state index < -0.39 is 0 Å². The largest absolute Gasteiger partial charge is 0.497 e. The molecule has 26 heavy (non-hydrogen) atoms. The second-order valence-corrected chi connectivity index (χ2v) is 5.99. The summed E-state index contributed by atoms with van der Waals surface area (Å²) < 4.78 is 12.2. The standard InChI is InChI=1S/C19H19N5O2/c1-25-13-8-12(9-14(10-13)26-2)24-19(21)17(18(20)23-24)16-7-11-5-3-4-6-15(11)22-16/h3-6,8-10H,7,21H2,1-2H3,(H2,20,23). The minimum Gasteiger partial charge on any atom is -0.497 e. The number of nitrogen functional groups attached to an aromatic ring is 2. The number of aromatic nitrogens is 2. The fourth-order valence-corrected chi connectivity index (χ4v) is 3.13. The third kappa shape index (κ3) is 2.54. The Morgan fingerprint density at radius 1 is 1.00 bits per heavy atom. The van der Waals surface area contributed by atoms with Crippen LogP contribution in [0.2, 0.25) is 0 Å². The molecule has 4 rings (SSSR count). The SMILES string of the molecule is COc1cc(OC)cc(-n2nc(N)c(C3=Nc4ccccc4C3)c2N)c1.